The fraction of sp³-hybridized carbons (Fsp3) is 0.300. The molecule has 0 heterocycles. The largest absolute Gasteiger partial charge is 0.323 e. The van der Waals surface area contributed by atoms with Gasteiger partial charge in [0.2, 0.25) is 11.8 Å². The lowest BCUT2D eigenvalue weighted by molar-refractivity contribution is -0.120. The van der Waals surface area contributed by atoms with Crippen LogP contribution in [-0.2, 0) is 9.59 Å². The molecule has 0 bridgehead atoms. The van der Waals surface area contributed by atoms with Crippen LogP contribution in [0.2, 0.25) is 5.02 Å². The number of hydrogen-bond acceptors (Lipinski definition) is 2. The number of nitrogens with zero attached hydrogens (tertiary/aromatic N) is 1. The zero-order chi connectivity index (χ0) is 18.7. The Balaban J connectivity index is 2.25. The maximum atomic E-state index is 12.5. The zero-order valence-corrected chi connectivity index (χ0v) is 16.0. The van der Waals surface area contributed by atoms with E-state index in [4.69, 9.17) is 11.6 Å². The van der Waals surface area contributed by atoms with Crippen molar-refractivity contribution in [2.24, 2.45) is 0 Å². The first-order chi connectivity index (χ1) is 11.7. The summed E-state index contributed by atoms with van der Waals surface area (Å²) in [7, 11) is 0. The van der Waals surface area contributed by atoms with Crippen LogP contribution >= 0.6 is 11.6 Å². The van der Waals surface area contributed by atoms with Gasteiger partial charge in [-0.3, -0.25) is 9.59 Å². The Bertz CT molecular complexity index is 807. The summed E-state index contributed by atoms with van der Waals surface area (Å²) in [6.07, 6.45) is 0. The topological polar surface area (TPSA) is 49.4 Å². The van der Waals surface area contributed by atoms with E-state index in [1.54, 1.807) is 6.07 Å². The quantitative estimate of drug-likeness (QED) is 0.870. The van der Waals surface area contributed by atoms with E-state index < -0.39 is 0 Å². The molecule has 0 saturated heterocycles. The molecule has 0 spiro atoms. The highest BCUT2D eigenvalue weighted by Crippen LogP contribution is 2.28. The lowest BCUT2D eigenvalue weighted by Crippen LogP contribution is -2.37. The number of hydrogen-bond donors (Lipinski definition) is 1. The number of aryl methyl sites for hydroxylation is 3. The molecule has 0 atom stereocenters. The maximum absolute atomic E-state index is 12.5. The Labute approximate surface area is 153 Å². The third-order valence-electron chi connectivity index (χ3n) is 4.24. The van der Waals surface area contributed by atoms with Crippen molar-refractivity contribution in [1.82, 2.24) is 0 Å². The predicted molar refractivity (Wildman–Crippen MR) is 103 cm³/mol. The lowest BCUT2D eigenvalue weighted by Gasteiger charge is -2.24. The second kappa shape index (κ2) is 7.70. The predicted octanol–water partition coefficient (Wildman–Crippen LogP) is 4.57. The van der Waals surface area contributed by atoms with Crippen molar-refractivity contribution >= 4 is 34.8 Å². The average Bonchev–Trinajstić information content (AvgIpc) is 2.51. The smallest absolute Gasteiger partial charge is 0.244 e. The van der Waals surface area contributed by atoms with Crippen LogP contribution in [0, 0.1) is 27.7 Å². The highest BCUT2D eigenvalue weighted by Gasteiger charge is 2.19. The van der Waals surface area contributed by atoms with Gasteiger partial charge in [0, 0.05) is 12.6 Å². The number of carbonyl (C=O) groups is 2. The molecular formula is C20H23ClN2O2. The number of halogens is 1. The zero-order valence-electron chi connectivity index (χ0n) is 15.2. The molecule has 25 heavy (non-hydrogen) atoms. The maximum Gasteiger partial charge on any atom is 0.244 e. The van der Waals surface area contributed by atoms with E-state index in [1.165, 1.54) is 11.8 Å². The molecule has 4 nitrogen and oxygen atoms in total. The average molecular weight is 359 g/mol. The van der Waals surface area contributed by atoms with Gasteiger partial charge >= 0.3 is 0 Å². The van der Waals surface area contributed by atoms with Crippen LogP contribution in [0.4, 0.5) is 11.4 Å². The Morgan fingerprint density at radius 2 is 1.76 bits per heavy atom. The van der Waals surface area contributed by atoms with Crippen molar-refractivity contribution in [3.63, 3.8) is 0 Å². The standard InChI is InChI=1S/C20H23ClN2O2/c1-12-9-14(3)20(17(21)10-12)22-19(25)11-23(16(5)24)18-8-6-7-13(2)15(18)4/h6-10H,11H2,1-5H3,(H,22,25). The summed E-state index contributed by atoms with van der Waals surface area (Å²) in [5.41, 5.74) is 5.30. The summed E-state index contributed by atoms with van der Waals surface area (Å²) in [4.78, 5) is 26.1. The fourth-order valence-corrected chi connectivity index (χ4v) is 3.16. The minimum Gasteiger partial charge on any atom is -0.323 e. The highest BCUT2D eigenvalue weighted by molar-refractivity contribution is 6.34. The summed E-state index contributed by atoms with van der Waals surface area (Å²) >= 11 is 6.25. The molecule has 1 N–H and O–H groups in total. The summed E-state index contributed by atoms with van der Waals surface area (Å²) in [6, 6.07) is 9.47. The molecule has 2 amide bonds. The van der Waals surface area contributed by atoms with Crippen LogP contribution in [0.3, 0.4) is 0 Å². The summed E-state index contributed by atoms with van der Waals surface area (Å²) in [5.74, 6) is -0.472. The molecule has 5 heteroatoms. The van der Waals surface area contributed by atoms with Gasteiger partial charge in [-0.25, -0.2) is 0 Å². The Morgan fingerprint density at radius 1 is 1.08 bits per heavy atom. The van der Waals surface area contributed by atoms with Gasteiger partial charge in [-0.05, 0) is 62.1 Å². The molecule has 0 unspecified atom stereocenters. The van der Waals surface area contributed by atoms with Crippen molar-refractivity contribution in [3.8, 4) is 0 Å². The van der Waals surface area contributed by atoms with Crippen LogP contribution in [0.25, 0.3) is 0 Å². The normalized spacial score (nSPS) is 10.5. The van der Waals surface area contributed by atoms with Crippen molar-refractivity contribution < 1.29 is 9.59 Å². The first kappa shape index (κ1) is 19.0. The van der Waals surface area contributed by atoms with Crippen molar-refractivity contribution in [2.45, 2.75) is 34.6 Å². The Morgan fingerprint density at radius 3 is 2.36 bits per heavy atom. The van der Waals surface area contributed by atoms with Gasteiger partial charge < -0.3 is 10.2 Å². The molecule has 0 aliphatic rings. The molecule has 2 aromatic rings. The summed E-state index contributed by atoms with van der Waals surface area (Å²) in [5, 5.41) is 3.32. The molecule has 0 saturated carbocycles. The van der Waals surface area contributed by atoms with Gasteiger partial charge in [0.25, 0.3) is 0 Å². The molecule has 0 aliphatic heterocycles. The third-order valence-corrected chi connectivity index (χ3v) is 4.54. The molecule has 0 radical (unpaired) electrons. The fourth-order valence-electron chi connectivity index (χ4n) is 2.79. The van der Waals surface area contributed by atoms with Gasteiger partial charge in [0.1, 0.15) is 6.54 Å². The van der Waals surface area contributed by atoms with Crippen LogP contribution in [0.1, 0.15) is 29.2 Å². The van der Waals surface area contributed by atoms with E-state index in [0.29, 0.717) is 10.7 Å². The Hall–Kier alpha value is -2.33. The first-order valence-electron chi connectivity index (χ1n) is 8.11. The molecule has 0 fully saturated rings. The van der Waals surface area contributed by atoms with E-state index >= 15 is 0 Å². The van der Waals surface area contributed by atoms with E-state index in [9.17, 15) is 9.59 Å². The second-order valence-corrected chi connectivity index (χ2v) is 6.72. The number of carbonyl (C=O) groups excluding carboxylic acids is 2. The second-order valence-electron chi connectivity index (χ2n) is 6.31. The molecule has 132 valence electrons. The minimum absolute atomic E-state index is 0.0662. The van der Waals surface area contributed by atoms with Crippen molar-refractivity contribution in [1.29, 1.82) is 0 Å². The number of nitrogens with one attached hydrogen (secondary N) is 1. The molecular weight excluding hydrogens is 336 g/mol. The van der Waals surface area contributed by atoms with Crippen molar-refractivity contribution in [3.05, 3.63) is 57.6 Å². The first-order valence-corrected chi connectivity index (χ1v) is 8.49. The monoisotopic (exact) mass is 358 g/mol. The third kappa shape index (κ3) is 4.40. The van der Waals surface area contributed by atoms with Crippen LogP contribution in [0.15, 0.2) is 30.3 Å². The molecule has 2 rings (SSSR count). The number of amides is 2. The molecule has 2 aromatic carbocycles. The van der Waals surface area contributed by atoms with E-state index in [0.717, 1.165) is 27.9 Å². The highest BCUT2D eigenvalue weighted by atomic mass is 35.5. The Kier molecular flexibility index (Phi) is 5.85. The summed E-state index contributed by atoms with van der Waals surface area (Å²) in [6.45, 7) is 9.15. The molecule has 0 aromatic heterocycles. The van der Waals surface area contributed by atoms with Crippen LogP contribution in [0.5, 0.6) is 0 Å². The number of rotatable bonds is 4. The summed E-state index contributed by atoms with van der Waals surface area (Å²) < 4.78 is 0. The van der Waals surface area contributed by atoms with Crippen molar-refractivity contribution in [2.75, 3.05) is 16.8 Å². The van der Waals surface area contributed by atoms with Gasteiger partial charge in [-0.2, -0.15) is 0 Å². The number of anilines is 2. The van der Waals surface area contributed by atoms with Gasteiger partial charge in [-0.1, -0.05) is 29.8 Å². The van der Waals surface area contributed by atoms with Gasteiger partial charge in [-0.15, -0.1) is 0 Å². The van der Waals surface area contributed by atoms with E-state index in [2.05, 4.69) is 5.32 Å². The lowest BCUT2D eigenvalue weighted by atomic mass is 10.1. The number of benzene rings is 2. The van der Waals surface area contributed by atoms with E-state index in [1.807, 2.05) is 52.0 Å². The van der Waals surface area contributed by atoms with Crippen LogP contribution < -0.4 is 10.2 Å². The van der Waals surface area contributed by atoms with E-state index in [-0.39, 0.29) is 18.4 Å². The molecule has 0 aliphatic carbocycles. The van der Waals surface area contributed by atoms with Gasteiger partial charge in [0.15, 0.2) is 0 Å². The van der Waals surface area contributed by atoms with Crippen LogP contribution in [-0.4, -0.2) is 18.4 Å². The minimum atomic E-state index is -0.287. The van der Waals surface area contributed by atoms with Gasteiger partial charge in [0.05, 0.1) is 10.7 Å². The SMILES string of the molecule is CC(=O)N(CC(=O)Nc1c(C)cc(C)cc1Cl)c1cccc(C)c1C.